The molecule has 1 aliphatic heterocycles. The van der Waals surface area contributed by atoms with Crippen molar-refractivity contribution in [2.75, 3.05) is 0 Å². The molecule has 1 fully saturated rings. The van der Waals surface area contributed by atoms with Gasteiger partial charge in [0.25, 0.3) is 11.7 Å². The number of aliphatic hydroxyl groups excluding tert-OH is 1. The Morgan fingerprint density at radius 3 is 2.41 bits per heavy atom. The van der Waals surface area contributed by atoms with E-state index in [2.05, 4.69) is 0 Å². The van der Waals surface area contributed by atoms with Crippen LogP contribution < -0.4 is 0 Å². The van der Waals surface area contributed by atoms with Gasteiger partial charge < -0.3 is 10.0 Å². The van der Waals surface area contributed by atoms with E-state index in [9.17, 15) is 14.7 Å². The summed E-state index contributed by atoms with van der Waals surface area (Å²) in [6, 6.07) is 23.4. The van der Waals surface area contributed by atoms with Gasteiger partial charge in [-0.3, -0.25) is 9.59 Å². The SMILES string of the molecule is O=C1C(=O)N(Cc2cccs2)C(c2ccc(Cl)cc2)/C1=C(/O)c1ccc2ccccc2c1. The van der Waals surface area contributed by atoms with Gasteiger partial charge in [0, 0.05) is 15.5 Å². The number of rotatable bonds is 4. The number of hydrogen-bond acceptors (Lipinski definition) is 4. The van der Waals surface area contributed by atoms with Crippen LogP contribution >= 0.6 is 22.9 Å². The summed E-state index contributed by atoms with van der Waals surface area (Å²) in [5.74, 6) is -1.49. The maximum absolute atomic E-state index is 13.1. The van der Waals surface area contributed by atoms with Gasteiger partial charge in [-0.25, -0.2) is 0 Å². The maximum atomic E-state index is 13.1. The first-order valence-corrected chi connectivity index (χ1v) is 11.3. The Morgan fingerprint density at radius 1 is 0.938 bits per heavy atom. The second-order valence-corrected chi connectivity index (χ2v) is 9.09. The van der Waals surface area contributed by atoms with Crippen molar-refractivity contribution in [2.24, 2.45) is 0 Å². The molecule has 1 amide bonds. The Bertz CT molecular complexity index is 1360. The Morgan fingerprint density at radius 2 is 1.69 bits per heavy atom. The Labute approximate surface area is 194 Å². The molecule has 4 nitrogen and oxygen atoms in total. The first kappa shape index (κ1) is 20.5. The topological polar surface area (TPSA) is 57.6 Å². The van der Waals surface area contributed by atoms with Crippen LogP contribution in [-0.2, 0) is 16.1 Å². The van der Waals surface area contributed by atoms with Crippen LogP contribution in [0.2, 0.25) is 5.02 Å². The van der Waals surface area contributed by atoms with E-state index in [4.69, 9.17) is 11.6 Å². The Balaban J connectivity index is 1.67. The van der Waals surface area contributed by atoms with Crippen molar-refractivity contribution in [1.82, 2.24) is 4.90 Å². The van der Waals surface area contributed by atoms with Gasteiger partial charge in [0.15, 0.2) is 0 Å². The van der Waals surface area contributed by atoms with E-state index in [1.807, 2.05) is 53.9 Å². The molecule has 6 heteroatoms. The highest BCUT2D eigenvalue weighted by Gasteiger charge is 2.46. The average molecular weight is 460 g/mol. The first-order valence-electron chi connectivity index (χ1n) is 10.1. The summed E-state index contributed by atoms with van der Waals surface area (Å²) in [6.45, 7) is 0.282. The number of hydrogen-bond donors (Lipinski definition) is 1. The summed E-state index contributed by atoms with van der Waals surface area (Å²) in [4.78, 5) is 28.7. The predicted octanol–water partition coefficient (Wildman–Crippen LogP) is 6.18. The van der Waals surface area contributed by atoms with Crippen LogP contribution in [-0.4, -0.2) is 21.7 Å². The van der Waals surface area contributed by atoms with E-state index in [1.165, 1.54) is 16.2 Å². The number of thiophene rings is 1. The lowest BCUT2D eigenvalue weighted by molar-refractivity contribution is -0.140. The molecule has 5 rings (SSSR count). The standard InChI is InChI=1S/C26H18ClNO3S/c27-20-11-9-17(10-12-20)23-22(25(30)26(31)28(23)15-21-6-3-13-32-21)24(29)19-8-7-16-4-1-2-5-18(16)14-19/h1-14,23,29H,15H2/b24-22-. The molecule has 158 valence electrons. The summed E-state index contributed by atoms with van der Waals surface area (Å²) in [5.41, 5.74) is 1.30. The van der Waals surface area contributed by atoms with Crippen LogP contribution in [0.3, 0.4) is 0 Å². The largest absolute Gasteiger partial charge is 0.507 e. The Kier molecular flexibility index (Phi) is 5.29. The molecule has 0 aliphatic carbocycles. The molecule has 32 heavy (non-hydrogen) atoms. The van der Waals surface area contributed by atoms with E-state index in [-0.39, 0.29) is 17.9 Å². The molecule has 1 N–H and O–H groups in total. The highest BCUT2D eigenvalue weighted by molar-refractivity contribution is 7.09. The molecule has 1 saturated heterocycles. The zero-order valence-electron chi connectivity index (χ0n) is 16.9. The van der Waals surface area contributed by atoms with E-state index < -0.39 is 17.7 Å². The summed E-state index contributed by atoms with van der Waals surface area (Å²) >= 11 is 7.59. The van der Waals surface area contributed by atoms with Gasteiger partial charge in [0.2, 0.25) is 0 Å². The molecule has 0 spiro atoms. The van der Waals surface area contributed by atoms with E-state index in [0.29, 0.717) is 16.1 Å². The number of benzene rings is 3. The van der Waals surface area contributed by atoms with Crippen molar-refractivity contribution in [1.29, 1.82) is 0 Å². The molecule has 4 aromatic rings. The predicted molar refractivity (Wildman–Crippen MR) is 128 cm³/mol. The van der Waals surface area contributed by atoms with Crippen molar-refractivity contribution in [3.63, 3.8) is 0 Å². The molecule has 0 saturated carbocycles. The molecule has 0 bridgehead atoms. The van der Waals surface area contributed by atoms with Gasteiger partial charge in [0.1, 0.15) is 5.76 Å². The van der Waals surface area contributed by atoms with Crippen LogP contribution in [0.5, 0.6) is 0 Å². The van der Waals surface area contributed by atoms with E-state index in [0.717, 1.165) is 15.6 Å². The molecule has 1 aliphatic rings. The van der Waals surface area contributed by atoms with Crippen LogP contribution in [0, 0.1) is 0 Å². The third-order valence-corrected chi connectivity index (χ3v) is 6.77. The number of amides is 1. The molecular formula is C26H18ClNO3S. The number of ketones is 1. The molecule has 1 unspecified atom stereocenters. The number of carbonyl (C=O) groups is 2. The van der Waals surface area contributed by atoms with Gasteiger partial charge in [-0.15, -0.1) is 11.3 Å². The summed E-state index contributed by atoms with van der Waals surface area (Å²) in [6.07, 6.45) is 0. The second kappa shape index (κ2) is 8.26. The van der Waals surface area contributed by atoms with Gasteiger partial charge >= 0.3 is 0 Å². The number of fused-ring (bicyclic) bond motifs is 1. The third-order valence-electron chi connectivity index (χ3n) is 5.65. The van der Waals surface area contributed by atoms with Crippen LogP contribution in [0.25, 0.3) is 16.5 Å². The number of halogens is 1. The number of carbonyl (C=O) groups excluding carboxylic acids is 2. The lowest BCUT2D eigenvalue weighted by Gasteiger charge is -2.25. The fourth-order valence-electron chi connectivity index (χ4n) is 4.10. The number of nitrogens with zero attached hydrogens (tertiary/aromatic N) is 1. The number of Topliss-reactive ketones (excluding diaryl/α,β-unsaturated/α-hetero) is 1. The third kappa shape index (κ3) is 3.60. The molecule has 1 atom stereocenters. The fraction of sp³-hybridized carbons (Fsp3) is 0.0769. The lowest BCUT2D eigenvalue weighted by Crippen LogP contribution is -2.28. The highest BCUT2D eigenvalue weighted by atomic mass is 35.5. The second-order valence-electron chi connectivity index (χ2n) is 7.62. The minimum atomic E-state index is -0.708. The summed E-state index contributed by atoms with van der Waals surface area (Å²) in [5, 5.41) is 15.7. The van der Waals surface area contributed by atoms with Crippen LogP contribution in [0.4, 0.5) is 0 Å². The minimum Gasteiger partial charge on any atom is -0.507 e. The van der Waals surface area contributed by atoms with Crippen molar-refractivity contribution in [3.05, 3.63) is 111 Å². The lowest BCUT2D eigenvalue weighted by atomic mass is 9.94. The quantitative estimate of drug-likeness (QED) is 0.225. The highest BCUT2D eigenvalue weighted by Crippen LogP contribution is 2.41. The zero-order chi connectivity index (χ0) is 22.2. The van der Waals surface area contributed by atoms with Crippen molar-refractivity contribution in [2.45, 2.75) is 12.6 Å². The molecular weight excluding hydrogens is 442 g/mol. The smallest absolute Gasteiger partial charge is 0.295 e. The average Bonchev–Trinajstić information content (AvgIpc) is 3.41. The molecule has 2 heterocycles. The normalized spacial score (nSPS) is 17.9. The van der Waals surface area contributed by atoms with Gasteiger partial charge in [-0.05, 0) is 46.0 Å². The Hall–Kier alpha value is -3.41. The summed E-state index contributed by atoms with van der Waals surface area (Å²) < 4.78 is 0. The number of aliphatic hydroxyl groups is 1. The molecule has 1 aromatic heterocycles. The minimum absolute atomic E-state index is 0.0872. The van der Waals surface area contributed by atoms with Crippen molar-refractivity contribution < 1.29 is 14.7 Å². The van der Waals surface area contributed by atoms with E-state index in [1.54, 1.807) is 30.3 Å². The van der Waals surface area contributed by atoms with E-state index >= 15 is 0 Å². The van der Waals surface area contributed by atoms with Crippen molar-refractivity contribution >= 4 is 51.2 Å². The molecule has 3 aromatic carbocycles. The van der Waals surface area contributed by atoms with Crippen LogP contribution in [0.15, 0.2) is 89.8 Å². The van der Waals surface area contributed by atoms with Gasteiger partial charge in [0.05, 0.1) is 18.2 Å². The van der Waals surface area contributed by atoms with Crippen LogP contribution in [0.1, 0.15) is 22.0 Å². The maximum Gasteiger partial charge on any atom is 0.295 e. The molecule has 0 radical (unpaired) electrons. The van der Waals surface area contributed by atoms with Gasteiger partial charge in [-0.2, -0.15) is 0 Å². The van der Waals surface area contributed by atoms with Crippen molar-refractivity contribution in [3.8, 4) is 0 Å². The number of likely N-dealkylation sites (tertiary alicyclic amines) is 1. The summed E-state index contributed by atoms with van der Waals surface area (Å²) in [7, 11) is 0. The van der Waals surface area contributed by atoms with Gasteiger partial charge in [-0.1, -0.05) is 66.2 Å². The zero-order valence-corrected chi connectivity index (χ0v) is 18.4. The fourth-order valence-corrected chi connectivity index (χ4v) is 4.93. The first-order chi connectivity index (χ1) is 15.5. The monoisotopic (exact) mass is 459 g/mol.